The maximum absolute atomic E-state index is 12.6. The SMILES string of the molecule is Cc1ccc(CN(C(=O)COc2cccc(C(C)O)c2)C2CC2)cc1. The van der Waals surface area contributed by atoms with Crippen molar-refractivity contribution in [2.45, 2.75) is 45.4 Å². The summed E-state index contributed by atoms with van der Waals surface area (Å²) < 4.78 is 5.67. The van der Waals surface area contributed by atoms with Crippen LogP contribution < -0.4 is 4.74 Å². The molecule has 1 amide bonds. The third-order valence-corrected chi connectivity index (χ3v) is 4.48. The zero-order valence-electron chi connectivity index (χ0n) is 14.8. The molecule has 25 heavy (non-hydrogen) atoms. The molecule has 4 nitrogen and oxygen atoms in total. The van der Waals surface area contributed by atoms with Gasteiger partial charge in [0.25, 0.3) is 5.91 Å². The highest BCUT2D eigenvalue weighted by Crippen LogP contribution is 2.29. The van der Waals surface area contributed by atoms with Crippen molar-refractivity contribution >= 4 is 5.91 Å². The van der Waals surface area contributed by atoms with Gasteiger partial charge in [-0.05, 0) is 49.9 Å². The van der Waals surface area contributed by atoms with E-state index in [0.29, 0.717) is 18.3 Å². The van der Waals surface area contributed by atoms with Crippen LogP contribution in [0.4, 0.5) is 0 Å². The molecule has 132 valence electrons. The van der Waals surface area contributed by atoms with Crippen LogP contribution in [0.2, 0.25) is 0 Å². The van der Waals surface area contributed by atoms with Crippen LogP contribution in [0.25, 0.3) is 0 Å². The number of aryl methyl sites for hydroxylation is 1. The summed E-state index contributed by atoms with van der Waals surface area (Å²) in [4.78, 5) is 14.6. The van der Waals surface area contributed by atoms with Crippen LogP contribution in [-0.2, 0) is 11.3 Å². The Kier molecular flexibility index (Phi) is 5.39. The molecular formula is C21H25NO3. The predicted octanol–water partition coefficient (Wildman–Crippen LogP) is 3.62. The first-order chi connectivity index (χ1) is 12.0. The highest BCUT2D eigenvalue weighted by atomic mass is 16.5. The molecule has 0 radical (unpaired) electrons. The normalized spacial score (nSPS) is 14.8. The average Bonchev–Trinajstić information content (AvgIpc) is 3.44. The van der Waals surface area contributed by atoms with E-state index in [1.54, 1.807) is 19.1 Å². The summed E-state index contributed by atoms with van der Waals surface area (Å²) >= 11 is 0. The van der Waals surface area contributed by atoms with Crippen molar-refractivity contribution in [3.63, 3.8) is 0 Å². The largest absolute Gasteiger partial charge is 0.484 e. The second kappa shape index (κ2) is 7.70. The van der Waals surface area contributed by atoms with Crippen LogP contribution in [0.15, 0.2) is 48.5 Å². The fourth-order valence-corrected chi connectivity index (χ4v) is 2.79. The van der Waals surface area contributed by atoms with Crippen molar-refractivity contribution in [1.82, 2.24) is 4.90 Å². The van der Waals surface area contributed by atoms with Gasteiger partial charge in [-0.3, -0.25) is 4.79 Å². The number of amides is 1. The molecule has 0 spiro atoms. The van der Waals surface area contributed by atoms with Crippen LogP contribution in [0.1, 0.15) is 42.6 Å². The number of aliphatic hydroxyl groups excluding tert-OH is 1. The van der Waals surface area contributed by atoms with Gasteiger partial charge in [0.1, 0.15) is 5.75 Å². The lowest BCUT2D eigenvalue weighted by Crippen LogP contribution is -2.36. The van der Waals surface area contributed by atoms with Gasteiger partial charge in [0, 0.05) is 12.6 Å². The van der Waals surface area contributed by atoms with Gasteiger partial charge >= 0.3 is 0 Å². The van der Waals surface area contributed by atoms with E-state index < -0.39 is 6.10 Å². The summed E-state index contributed by atoms with van der Waals surface area (Å²) in [7, 11) is 0. The predicted molar refractivity (Wildman–Crippen MR) is 97.3 cm³/mol. The second-order valence-electron chi connectivity index (χ2n) is 6.78. The summed E-state index contributed by atoms with van der Waals surface area (Å²) in [5.41, 5.74) is 3.14. The summed E-state index contributed by atoms with van der Waals surface area (Å²) in [6.45, 7) is 4.41. The summed E-state index contributed by atoms with van der Waals surface area (Å²) in [6.07, 6.45) is 1.58. The Hall–Kier alpha value is -2.33. The van der Waals surface area contributed by atoms with Crippen LogP contribution in [0.3, 0.4) is 0 Å². The van der Waals surface area contributed by atoms with Crippen molar-refractivity contribution < 1.29 is 14.6 Å². The summed E-state index contributed by atoms with van der Waals surface area (Å²) in [5.74, 6) is 0.614. The Morgan fingerprint density at radius 3 is 2.60 bits per heavy atom. The van der Waals surface area contributed by atoms with Gasteiger partial charge in [-0.25, -0.2) is 0 Å². The summed E-state index contributed by atoms with van der Waals surface area (Å²) in [5, 5.41) is 9.65. The molecule has 1 aliphatic rings. The van der Waals surface area contributed by atoms with E-state index in [1.807, 2.05) is 17.0 Å². The molecule has 0 aromatic heterocycles. The maximum atomic E-state index is 12.6. The van der Waals surface area contributed by atoms with E-state index in [2.05, 4.69) is 31.2 Å². The van der Waals surface area contributed by atoms with Crippen molar-refractivity contribution in [1.29, 1.82) is 0 Å². The Balaban J connectivity index is 1.61. The monoisotopic (exact) mass is 339 g/mol. The molecular weight excluding hydrogens is 314 g/mol. The van der Waals surface area contributed by atoms with Gasteiger partial charge in [-0.2, -0.15) is 0 Å². The smallest absolute Gasteiger partial charge is 0.261 e. The summed E-state index contributed by atoms with van der Waals surface area (Å²) in [6, 6.07) is 15.9. The Bertz CT molecular complexity index is 720. The molecule has 0 aliphatic heterocycles. The molecule has 1 saturated carbocycles. The number of aliphatic hydroxyl groups is 1. The highest BCUT2D eigenvalue weighted by molar-refractivity contribution is 5.78. The molecule has 1 aliphatic carbocycles. The number of nitrogens with zero attached hydrogens (tertiary/aromatic N) is 1. The molecule has 1 fully saturated rings. The first-order valence-corrected chi connectivity index (χ1v) is 8.79. The Morgan fingerprint density at radius 2 is 1.96 bits per heavy atom. The molecule has 0 bridgehead atoms. The van der Waals surface area contributed by atoms with Gasteiger partial charge in [0.05, 0.1) is 6.10 Å². The van der Waals surface area contributed by atoms with Crippen molar-refractivity contribution in [3.8, 4) is 5.75 Å². The van der Waals surface area contributed by atoms with E-state index >= 15 is 0 Å². The number of hydrogen-bond acceptors (Lipinski definition) is 3. The molecule has 0 saturated heterocycles. The minimum Gasteiger partial charge on any atom is -0.484 e. The number of hydrogen-bond donors (Lipinski definition) is 1. The molecule has 2 aromatic rings. The zero-order valence-corrected chi connectivity index (χ0v) is 14.8. The first kappa shape index (κ1) is 17.5. The highest BCUT2D eigenvalue weighted by Gasteiger charge is 2.32. The van der Waals surface area contributed by atoms with Crippen LogP contribution in [-0.4, -0.2) is 28.6 Å². The Labute approximate surface area is 149 Å². The van der Waals surface area contributed by atoms with Gasteiger partial charge in [-0.1, -0.05) is 42.0 Å². The molecule has 4 heteroatoms. The molecule has 3 rings (SSSR count). The number of carbonyl (C=O) groups is 1. The fraction of sp³-hybridized carbons (Fsp3) is 0.381. The molecule has 1 unspecified atom stereocenters. The third kappa shape index (κ3) is 4.83. The standard InChI is InChI=1S/C21H25NO3/c1-15-6-8-17(9-7-15)13-22(19-10-11-19)21(24)14-25-20-5-3-4-18(12-20)16(2)23/h3-9,12,16,19,23H,10-11,13-14H2,1-2H3. The minimum atomic E-state index is -0.552. The second-order valence-corrected chi connectivity index (χ2v) is 6.78. The van der Waals surface area contributed by atoms with Crippen molar-refractivity contribution in [2.24, 2.45) is 0 Å². The van der Waals surface area contributed by atoms with E-state index in [1.165, 1.54) is 5.56 Å². The lowest BCUT2D eigenvalue weighted by Gasteiger charge is -2.23. The van der Waals surface area contributed by atoms with E-state index in [4.69, 9.17) is 4.74 Å². The van der Waals surface area contributed by atoms with Crippen molar-refractivity contribution in [3.05, 3.63) is 65.2 Å². The van der Waals surface area contributed by atoms with Crippen LogP contribution >= 0.6 is 0 Å². The molecule has 1 N–H and O–H groups in total. The fourth-order valence-electron chi connectivity index (χ4n) is 2.79. The van der Waals surface area contributed by atoms with Gasteiger partial charge in [0.15, 0.2) is 6.61 Å². The molecule has 1 atom stereocenters. The van der Waals surface area contributed by atoms with Gasteiger partial charge in [0.2, 0.25) is 0 Å². The lowest BCUT2D eigenvalue weighted by atomic mass is 10.1. The van der Waals surface area contributed by atoms with Crippen LogP contribution in [0, 0.1) is 6.92 Å². The average molecular weight is 339 g/mol. The maximum Gasteiger partial charge on any atom is 0.261 e. The topological polar surface area (TPSA) is 49.8 Å². The van der Waals surface area contributed by atoms with Gasteiger partial charge < -0.3 is 14.7 Å². The zero-order chi connectivity index (χ0) is 17.8. The third-order valence-electron chi connectivity index (χ3n) is 4.48. The number of benzene rings is 2. The number of rotatable bonds is 7. The Morgan fingerprint density at radius 1 is 1.24 bits per heavy atom. The number of ether oxygens (including phenoxy) is 1. The van der Waals surface area contributed by atoms with E-state index in [0.717, 1.165) is 24.0 Å². The van der Waals surface area contributed by atoms with E-state index in [9.17, 15) is 9.90 Å². The van der Waals surface area contributed by atoms with E-state index in [-0.39, 0.29) is 12.5 Å². The van der Waals surface area contributed by atoms with Gasteiger partial charge in [-0.15, -0.1) is 0 Å². The molecule has 0 heterocycles. The van der Waals surface area contributed by atoms with Crippen molar-refractivity contribution in [2.75, 3.05) is 6.61 Å². The molecule has 2 aromatic carbocycles. The minimum absolute atomic E-state index is 0.00512. The number of carbonyl (C=O) groups excluding carboxylic acids is 1. The van der Waals surface area contributed by atoms with Crippen LogP contribution in [0.5, 0.6) is 5.75 Å². The first-order valence-electron chi connectivity index (χ1n) is 8.79. The lowest BCUT2D eigenvalue weighted by molar-refractivity contribution is -0.134. The quantitative estimate of drug-likeness (QED) is 0.838.